The molecule has 0 heteroatoms. The highest BCUT2D eigenvalue weighted by Gasteiger charge is 1.88. The van der Waals surface area contributed by atoms with E-state index in [0.29, 0.717) is 0 Å². The summed E-state index contributed by atoms with van der Waals surface area (Å²) < 4.78 is 0. The molecule has 0 heterocycles. The van der Waals surface area contributed by atoms with Gasteiger partial charge in [-0.2, -0.15) is 0 Å². The van der Waals surface area contributed by atoms with Crippen LogP contribution in [-0.2, 0) is 0 Å². The Kier molecular flexibility index (Phi) is 9.14. The summed E-state index contributed by atoms with van der Waals surface area (Å²) in [7, 11) is 0. The summed E-state index contributed by atoms with van der Waals surface area (Å²) in [5.74, 6) is 0.736. The molecule has 0 N–H and O–H groups in total. The van der Waals surface area contributed by atoms with Gasteiger partial charge in [0, 0.05) is 0 Å². The molecule has 0 amide bonds. The fraction of sp³-hybridized carbons (Fsp3) is 0.412. The summed E-state index contributed by atoms with van der Waals surface area (Å²) in [4.78, 5) is 0. The Morgan fingerprint density at radius 2 is 1.59 bits per heavy atom. The second-order valence-electron chi connectivity index (χ2n) is 4.73. The smallest absolute Gasteiger partial charge is 0.0322 e. The lowest BCUT2D eigenvalue weighted by atomic mass is 10.1. The molecule has 0 aliphatic carbocycles. The van der Waals surface area contributed by atoms with Crippen LogP contribution in [0.15, 0.2) is 59.8 Å². The average molecular weight is 230 g/mol. The van der Waals surface area contributed by atoms with Crippen molar-refractivity contribution in [3.8, 4) is 0 Å². The van der Waals surface area contributed by atoms with Crippen molar-refractivity contribution in [2.75, 3.05) is 0 Å². The summed E-state index contributed by atoms with van der Waals surface area (Å²) >= 11 is 0. The first-order valence-corrected chi connectivity index (χ1v) is 6.37. The van der Waals surface area contributed by atoms with Gasteiger partial charge < -0.3 is 0 Å². The second kappa shape index (κ2) is 9.89. The monoisotopic (exact) mass is 230 g/mol. The van der Waals surface area contributed by atoms with Crippen molar-refractivity contribution in [3.63, 3.8) is 0 Å². The molecule has 94 valence electrons. The first-order valence-electron chi connectivity index (χ1n) is 6.37. The molecule has 0 rings (SSSR count). The minimum atomic E-state index is 0.736. The summed E-state index contributed by atoms with van der Waals surface area (Å²) in [6, 6.07) is 0. The van der Waals surface area contributed by atoms with Gasteiger partial charge in [-0.05, 0) is 33.1 Å². The van der Waals surface area contributed by atoms with Gasteiger partial charge in [-0.25, -0.2) is 0 Å². The molecule has 0 saturated heterocycles. The van der Waals surface area contributed by atoms with Crippen molar-refractivity contribution >= 4 is 0 Å². The molecular formula is C17H26. The summed E-state index contributed by atoms with van der Waals surface area (Å²) in [5, 5.41) is 0. The van der Waals surface area contributed by atoms with Gasteiger partial charge in [0.25, 0.3) is 0 Å². The molecule has 0 atom stereocenters. The van der Waals surface area contributed by atoms with E-state index in [0.717, 1.165) is 12.3 Å². The van der Waals surface area contributed by atoms with Crippen LogP contribution in [0.25, 0.3) is 0 Å². The number of hydrogen-bond donors (Lipinski definition) is 0. The lowest BCUT2D eigenvalue weighted by Gasteiger charge is -1.98. The summed E-state index contributed by atoms with van der Waals surface area (Å²) in [6.07, 6.45) is 18.1. The molecule has 0 aliphatic rings. The summed E-state index contributed by atoms with van der Waals surface area (Å²) in [5.41, 5.74) is 2.59. The van der Waals surface area contributed by atoms with Gasteiger partial charge in [-0.15, -0.1) is 0 Å². The van der Waals surface area contributed by atoms with Crippen molar-refractivity contribution in [2.45, 2.75) is 41.0 Å². The normalized spacial score (nSPS) is 14.9. The van der Waals surface area contributed by atoms with Crippen LogP contribution in [0, 0.1) is 5.92 Å². The molecule has 0 aliphatic heterocycles. The lowest BCUT2D eigenvalue weighted by molar-refractivity contribution is 0.662. The Morgan fingerprint density at radius 1 is 0.941 bits per heavy atom. The van der Waals surface area contributed by atoms with Crippen LogP contribution in [0.4, 0.5) is 0 Å². The maximum atomic E-state index is 2.29. The van der Waals surface area contributed by atoms with Crippen LogP contribution in [-0.4, -0.2) is 0 Å². The second-order valence-corrected chi connectivity index (χ2v) is 4.73. The number of allylic oxidation sites excluding steroid dienone is 10. The van der Waals surface area contributed by atoms with Crippen LogP contribution in [0.2, 0.25) is 0 Å². The third-order valence-corrected chi connectivity index (χ3v) is 2.29. The third kappa shape index (κ3) is 11.0. The van der Waals surface area contributed by atoms with Gasteiger partial charge in [0.2, 0.25) is 0 Å². The quantitative estimate of drug-likeness (QED) is 0.520. The van der Waals surface area contributed by atoms with Crippen molar-refractivity contribution in [2.24, 2.45) is 5.92 Å². The standard InChI is InChI=1S/C17H26/c1-6-7-8-10-16(4)11-9-12-17(5)14-13-15(2)3/h6-12,14-15H,13H2,1-5H3/b7-6?,10-8?,12-9-,16-11?,17-14?. The molecule has 0 bridgehead atoms. The molecule has 17 heavy (non-hydrogen) atoms. The molecular weight excluding hydrogens is 204 g/mol. The average Bonchev–Trinajstić information content (AvgIpc) is 2.27. The van der Waals surface area contributed by atoms with E-state index in [2.05, 4.69) is 64.2 Å². The van der Waals surface area contributed by atoms with Crippen LogP contribution >= 0.6 is 0 Å². The van der Waals surface area contributed by atoms with Crippen molar-refractivity contribution < 1.29 is 0 Å². The van der Waals surface area contributed by atoms with Crippen LogP contribution in [0.5, 0.6) is 0 Å². The van der Waals surface area contributed by atoms with Gasteiger partial charge in [0.1, 0.15) is 0 Å². The minimum Gasteiger partial charge on any atom is -0.0877 e. The van der Waals surface area contributed by atoms with Crippen molar-refractivity contribution in [3.05, 3.63) is 59.8 Å². The van der Waals surface area contributed by atoms with Gasteiger partial charge >= 0.3 is 0 Å². The highest BCUT2D eigenvalue weighted by Crippen LogP contribution is 2.05. The zero-order chi connectivity index (χ0) is 13.1. The Morgan fingerprint density at radius 3 is 2.18 bits per heavy atom. The Labute approximate surface area is 107 Å². The molecule has 0 aromatic rings. The van der Waals surface area contributed by atoms with E-state index in [1.54, 1.807) is 0 Å². The molecule has 0 spiro atoms. The molecule has 0 radical (unpaired) electrons. The molecule has 0 saturated carbocycles. The Bertz CT molecular complexity index is 333. The molecule has 0 aromatic carbocycles. The van der Waals surface area contributed by atoms with E-state index in [4.69, 9.17) is 0 Å². The van der Waals surface area contributed by atoms with Crippen molar-refractivity contribution in [1.29, 1.82) is 0 Å². The maximum absolute atomic E-state index is 2.29. The zero-order valence-corrected chi connectivity index (χ0v) is 11.9. The van der Waals surface area contributed by atoms with E-state index in [1.165, 1.54) is 11.1 Å². The van der Waals surface area contributed by atoms with E-state index in [9.17, 15) is 0 Å². The van der Waals surface area contributed by atoms with E-state index in [-0.39, 0.29) is 0 Å². The predicted molar refractivity (Wildman–Crippen MR) is 80.1 cm³/mol. The minimum absolute atomic E-state index is 0.736. The van der Waals surface area contributed by atoms with Crippen molar-refractivity contribution in [1.82, 2.24) is 0 Å². The zero-order valence-electron chi connectivity index (χ0n) is 11.9. The van der Waals surface area contributed by atoms with Crippen LogP contribution in [0.1, 0.15) is 41.0 Å². The maximum Gasteiger partial charge on any atom is -0.0322 e. The van der Waals surface area contributed by atoms with E-state index < -0.39 is 0 Å². The highest BCUT2D eigenvalue weighted by atomic mass is 13.9. The van der Waals surface area contributed by atoms with Gasteiger partial charge in [-0.1, -0.05) is 73.6 Å². The van der Waals surface area contributed by atoms with Gasteiger partial charge in [-0.3, -0.25) is 0 Å². The topological polar surface area (TPSA) is 0 Å². The summed E-state index contributed by atoms with van der Waals surface area (Å²) in [6.45, 7) is 10.8. The highest BCUT2D eigenvalue weighted by molar-refractivity contribution is 5.27. The molecule has 0 nitrogen and oxygen atoms in total. The van der Waals surface area contributed by atoms with E-state index in [1.807, 2.05) is 19.1 Å². The number of rotatable bonds is 6. The molecule has 0 fully saturated rings. The lowest BCUT2D eigenvalue weighted by Crippen LogP contribution is -1.82. The largest absolute Gasteiger partial charge is 0.0877 e. The SMILES string of the molecule is CC=CC=CC(C)=C/C=C\C(C)=CCC(C)C. The third-order valence-electron chi connectivity index (χ3n) is 2.29. The Hall–Kier alpha value is -1.30. The van der Waals surface area contributed by atoms with Gasteiger partial charge in [0.05, 0.1) is 0 Å². The van der Waals surface area contributed by atoms with Crippen LogP contribution < -0.4 is 0 Å². The predicted octanol–water partition coefficient (Wildman–Crippen LogP) is 5.61. The van der Waals surface area contributed by atoms with Crippen LogP contribution in [0.3, 0.4) is 0 Å². The Balaban J connectivity index is 4.24. The first kappa shape index (κ1) is 15.7. The number of hydrogen-bond acceptors (Lipinski definition) is 0. The van der Waals surface area contributed by atoms with E-state index >= 15 is 0 Å². The fourth-order valence-corrected chi connectivity index (χ4v) is 1.22. The fourth-order valence-electron chi connectivity index (χ4n) is 1.22. The first-order chi connectivity index (χ1) is 8.06. The molecule has 0 unspecified atom stereocenters. The van der Waals surface area contributed by atoms with Gasteiger partial charge in [0.15, 0.2) is 0 Å². The molecule has 0 aromatic heterocycles.